The Bertz CT molecular complexity index is 442. The number of likely N-dealkylation sites (tertiary alicyclic amines) is 1. The minimum Gasteiger partial charge on any atom is -0.283 e. The predicted octanol–water partition coefficient (Wildman–Crippen LogP) is 3.00. The molecule has 0 radical (unpaired) electrons. The SMILES string of the molecule is CCc1ncc(C(C#N)N2CCC(F)(F)CC2)s1. The summed E-state index contributed by atoms with van der Waals surface area (Å²) >= 11 is 1.50. The lowest BCUT2D eigenvalue weighted by atomic mass is 10.0. The van der Waals surface area contributed by atoms with Crippen LogP contribution in [-0.2, 0) is 6.42 Å². The lowest BCUT2D eigenvalue weighted by Crippen LogP contribution is -2.40. The van der Waals surface area contributed by atoms with Gasteiger partial charge in [-0.05, 0) is 6.42 Å². The highest BCUT2D eigenvalue weighted by Crippen LogP contribution is 2.33. The molecular weight excluding hydrogens is 256 g/mol. The molecule has 6 heteroatoms. The molecule has 2 rings (SSSR count). The smallest absolute Gasteiger partial charge is 0.250 e. The quantitative estimate of drug-likeness (QED) is 0.848. The summed E-state index contributed by atoms with van der Waals surface area (Å²) in [6.45, 7) is 2.54. The Hall–Kier alpha value is -1.06. The van der Waals surface area contributed by atoms with Gasteiger partial charge in [0.15, 0.2) is 0 Å². The molecule has 1 aliphatic heterocycles. The monoisotopic (exact) mass is 271 g/mol. The number of hydrogen-bond acceptors (Lipinski definition) is 4. The van der Waals surface area contributed by atoms with Gasteiger partial charge < -0.3 is 0 Å². The van der Waals surface area contributed by atoms with Gasteiger partial charge in [-0.1, -0.05) is 6.92 Å². The molecule has 1 aliphatic rings. The Morgan fingerprint density at radius 3 is 2.72 bits per heavy atom. The summed E-state index contributed by atoms with van der Waals surface area (Å²) in [7, 11) is 0. The second-order valence-electron chi connectivity index (χ2n) is 4.43. The summed E-state index contributed by atoms with van der Waals surface area (Å²) < 4.78 is 26.2. The number of thiazole rings is 1. The van der Waals surface area contributed by atoms with Crippen LogP contribution < -0.4 is 0 Å². The van der Waals surface area contributed by atoms with E-state index >= 15 is 0 Å². The average Bonchev–Trinajstić information content (AvgIpc) is 2.81. The van der Waals surface area contributed by atoms with Crippen LogP contribution in [0.2, 0.25) is 0 Å². The molecule has 1 aromatic heterocycles. The number of piperidine rings is 1. The van der Waals surface area contributed by atoms with Crippen LogP contribution >= 0.6 is 11.3 Å². The Kier molecular flexibility index (Phi) is 3.93. The second kappa shape index (κ2) is 5.29. The average molecular weight is 271 g/mol. The normalized spacial score (nSPS) is 21.4. The van der Waals surface area contributed by atoms with Crippen LogP contribution in [0.1, 0.15) is 35.7 Å². The molecule has 0 N–H and O–H groups in total. The van der Waals surface area contributed by atoms with Gasteiger partial charge in [0, 0.05) is 32.1 Å². The minimum atomic E-state index is -2.57. The molecule has 18 heavy (non-hydrogen) atoms. The van der Waals surface area contributed by atoms with E-state index in [1.807, 2.05) is 11.8 Å². The third-order valence-electron chi connectivity index (χ3n) is 3.16. The highest BCUT2D eigenvalue weighted by Gasteiger charge is 2.37. The van der Waals surface area contributed by atoms with Crippen LogP contribution in [0, 0.1) is 11.3 Å². The van der Waals surface area contributed by atoms with Crippen LogP contribution in [0.25, 0.3) is 0 Å². The number of halogens is 2. The van der Waals surface area contributed by atoms with Crippen molar-refractivity contribution in [2.75, 3.05) is 13.1 Å². The fourth-order valence-electron chi connectivity index (χ4n) is 2.05. The van der Waals surface area contributed by atoms with Gasteiger partial charge in [0.2, 0.25) is 0 Å². The van der Waals surface area contributed by atoms with Crippen molar-refractivity contribution in [2.24, 2.45) is 0 Å². The van der Waals surface area contributed by atoms with Gasteiger partial charge >= 0.3 is 0 Å². The van der Waals surface area contributed by atoms with E-state index in [1.54, 1.807) is 6.20 Å². The first-order valence-corrected chi connectivity index (χ1v) is 6.83. The van der Waals surface area contributed by atoms with Gasteiger partial charge in [-0.2, -0.15) is 5.26 Å². The fourth-order valence-corrected chi connectivity index (χ4v) is 2.99. The lowest BCUT2D eigenvalue weighted by Gasteiger charge is -2.33. The molecule has 98 valence electrons. The standard InChI is InChI=1S/C12H15F2N3S/c1-2-11-16-8-10(18-11)9(7-15)17-5-3-12(13,14)4-6-17/h8-9H,2-6H2,1H3. The summed E-state index contributed by atoms with van der Waals surface area (Å²) in [5.74, 6) is -2.57. The molecule has 1 unspecified atom stereocenters. The molecule has 0 aromatic carbocycles. The maximum atomic E-state index is 13.1. The number of alkyl halides is 2. The number of rotatable bonds is 3. The minimum absolute atomic E-state index is 0.162. The van der Waals surface area contributed by atoms with Crippen molar-refractivity contribution in [1.82, 2.24) is 9.88 Å². The highest BCUT2D eigenvalue weighted by molar-refractivity contribution is 7.11. The molecule has 1 atom stereocenters. The number of aromatic nitrogens is 1. The van der Waals surface area contributed by atoms with Crippen molar-refractivity contribution in [1.29, 1.82) is 5.26 Å². The van der Waals surface area contributed by atoms with Crippen molar-refractivity contribution >= 4 is 11.3 Å². The van der Waals surface area contributed by atoms with E-state index in [0.29, 0.717) is 0 Å². The number of nitriles is 1. The molecule has 2 heterocycles. The first-order chi connectivity index (χ1) is 8.55. The maximum absolute atomic E-state index is 13.1. The van der Waals surface area contributed by atoms with E-state index in [0.717, 1.165) is 16.3 Å². The number of hydrogen-bond donors (Lipinski definition) is 0. The molecule has 3 nitrogen and oxygen atoms in total. The van der Waals surface area contributed by atoms with Gasteiger partial charge in [0.1, 0.15) is 6.04 Å². The molecular formula is C12H15F2N3S. The van der Waals surface area contributed by atoms with Crippen molar-refractivity contribution < 1.29 is 8.78 Å². The summed E-state index contributed by atoms with van der Waals surface area (Å²) in [4.78, 5) is 6.90. The van der Waals surface area contributed by atoms with Crippen molar-refractivity contribution in [2.45, 2.75) is 38.2 Å². The van der Waals surface area contributed by atoms with Crippen molar-refractivity contribution in [3.63, 3.8) is 0 Å². The molecule has 1 saturated heterocycles. The molecule has 0 aliphatic carbocycles. The number of nitrogens with zero attached hydrogens (tertiary/aromatic N) is 3. The Morgan fingerprint density at radius 1 is 1.56 bits per heavy atom. The van der Waals surface area contributed by atoms with Crippen LogP contribution in [-0.4, -0.2) is 28.9 Å². The van der Waals surface area contributed by atoms with Crippen LogP contribution in [0.5, 0.6) is 0 Å². The summed E-state index contributed by atoms with van der Waals surface area (Å²) in [5, 5.41) is 10.2. The first-order valence-electron chi connectivity index (χ1n) is 6.02. The zero-order chi connectivity index (χ0) is 13.2. The second-order valence-corrected chi connectivity index (χ2v) is 5.58. The van der Waals surface area contributed by atoms with Gasteiger partial charge in [0.25, 0.3) is 5.92 Å². The molecule has 0 spiro atoms. The molecule has 1 fully saturated rings. The number of aryl methyl sites for hydroxylation is 1. The van der Waals surface area contributed by atoms with Gasteiger partial charge in [0.05, 0.1) is 16.0 Å². The van der Waals surface area contributed by atoms with Crippen LogP contribution in [0.15, 0.2) is 6.20 Å². The Balaban J connectivity index is 2.08. The lowest BCUT2D eigenvalue weighted by molar-refractivity contribution is -0.0592. The van der Waals surface area contributed by atoms with E-state index in [4.69, 9.17) is 0 Å². The summed E-state index contributed by atoms with van der Waals surface area (Å²) in [6.07, 6.45) is 2.21. The maximum Gasteiger partial charge on any atom is 0.250 e. The van der Waals surface area contributed by atoms with Gasteiger partial charge in [-0.3, -0.25) is 4.90 Å². The van der Waals surface area contributed by atoms with Crippen LogP contribution in [0.3, 0.4) is 0 Å². The topological polar surface area (TPSA) is 39.9 Å². The van der Waals surface area contributed by atoms with E-state index in [9.17, 15) is 14.0 Å². The van der Waals surface area contributed by atoms with Gasteiger partial charge in [-0.15, -0.1) is 11.3 Å². The third-order valence-corrected chi connectivity index (χ3v) is 4.35. The molecule has 0 amide bonds. The largest absolute Gasteiger partial charge is 0.283 e. The van der Waals surface area contributed by atoms with Gasteiger partial charge in [-0.25, -0.2) is 13.8 Å². The third kappa shape index (κ3) is 2.85. The Labute approximate surface area is 109 Å². The van der Waals surface area contributed by atoms with Crippen molar-refractivity contribution in [3.8, 4) is 6.07 Å². The predicted molar refractivity (Wildman–Crippen MR) is 65.6 cm³/mol. The molecule has 0 bridgehead atoms. The van der Waals surface area contributed by atoms with E-state index in [1.165, 1.54) is 11.3 Å². The molecule has 1 aromatic rings. The summed E-state index contributed by atoms with van der Waals surface area (Å²) in [5.41, 5.74) is 0. The van der Waals surface area contributed by atoms with Crippen LogP contribution in [0.4, 0.5) is 8.78 Å². The Morgan fingerprint density at radius 2 is 2.22 bits per heavy atom. The summed E-state index contributed by atoms with van der Waals surface area (Å²) in [6, 6.07) is 1.77. The first kappa shape index (κ1) is 13.4. The van der Waals surface area contributed by atoms with E-state index in [2.05, 4.69) is 11.1 Å². The molecule has 0 saturated carbocycles. The van der Waals surface area contributed by atoms with Crippen molar-refractivity contribution in [3.05, 3.63) is 16.1 Å². The zero-order valence-electron chi connectivity index (χ0n) is 10.2. The zero-order valence-corrected chi connectivity index (χ0v) is 11.0. The highest BCUT2D eigenvalue weighted by atomic mass is 32.1. The van der Waals surface area contributed by atoms with E-state index < -0.39 is 12.0 Å². The van der Waals surface area contributed by atoms with E-state index in [-0.39, 0.29) is 25.9 Å². The fraction of sp³-hybridized carbons (Fsp3) is 0.667.